The summed E-state index contributed by atoms with van der Waals surface area (Å²) in [6, 6.07) is 49.8. The number of nitrogens with zero attached hydrogens (tertiary/aromatic N) is 3. The third-order valence-electron chi connectivity index (χ3n) is 9.76. The molecule has 9 aromatic carbocycles. The monoisotopic (exact) mass is 694 g/mol. The molecule has 0 amide bonds. The van der Waals surface area contributed by atoms with Gasteiger partial charge in [0, 0.05) is 16.7 Å². The summed E-state index contributed by atoms with van der Waals surface area (Å²) in [5.41, 5.74) is 7.49. The van der Waals surface area contributed by atoms with Crippen LogP contribution in [-0.4, -0.2) is 15.0 Å². The summed E-state index contributed by atoms with van der Waals surface area (Å²) >= 11 is 0. The van der Waals surface area contributed by atoms with Gasteiger partial charge in [-0.2, -0.15) is 0 Å². The predicted octanol–water partition coefficient (Wildman–Crippen LogP) is 13.3. The highest BCUT2D eigenvalue weighted by molar-refractivity contribution is 6.05. The summed E-state index contributed by atoms with van der Waals surface area (Å²) in [6.45, 7) is 0. The second kappa shape index (κ2) is 13.4. The lowest BCUT2D eigenvalue weighted by Crippen LogP contribution is -2.00. The van der Waals surface area contributed by atoms with Crippen LogP contribution < -0.4 is 0 Å². The van der Waals surface area contributed by atoms with Crippen LogP contribution in [0.15, 0.2) is 200 Å². The highest BCUT2D eigenvalue weighted by atomic mass is 15.0. The van der Waals surface area contributed by atoms with E-state index in [-0.39, 0.29) is 39.9 Å². The summed E-state index contributed by atoms with van der Waals surface area (Å²) in [6.07, 6.45) is 0. The molecule has 3 heteroatoms. The molecule has 3 nitrogen and oxygen atoms in total. The molecule has 0 saturated carbocycles. The number of rotatable bonds is 6. The molecule has 0 aliphatic carbocycles. The quantitative estimate of drug-likeness (QED) is 0.174. The van der Waals surface area contributed by atoms with Crippen LogP contribution >= 0.6 is 0 Å². The SMILES string of the molecule is [2H]c1c([2H])c([2H])c2c([2H])c(-c3nc(-c4cccc(-c5ccc(-c6ccccc6)c6ccccc56)c4)nc(-c4ccc5ccc(-c6ccccc6)cc5c4)n3)c([2H])c([2H])c2c1[2H]. The van der Waals surface area contributed by atoms with Gasteiger partial charge in [-0.15, -0.1) is 0 Å². The Bertz CT molecular complexity index is 3390. The molecular formula is C51H33N3. The number of benzene rings is 9. The maximum atomic E-state index is 9.33. The lowest BCUT2D eigenvalue weighted by Gasteiger charge is -2.13. The van der Waals surface area contributed by atoms with Crippen molar-refractivity contribution in [1.29, 1.82) is 0 Å². The van der Waals surface area contributed by atoms with E-state index in [2.05, 4.69) is 66.7 Å². The van der Waals surface area contributed by atoms with Crippen LogP contribution in [0.25, 0.3) is 99.9 Å². The fourth-order valence-electron chi connectivity index (χ4n) is 7.08. The van der Waals surface area contributed by atoms with E-state index in [4.69, 9.17) is 23.2 Å². The van der Waals surface area contributed by atoms with E-state index in [1.165, 1.54) is 0 Å². The molecule has 0 atom stereocenters. The normalized spacial score (nSPS) is 13.1. The van der Waals surface area contributed by atoms with Gasteiger partial charge >= 0.3 is 0 Å². The summed E-state index contributed by atoms with van der Waals surface area (Å²) in [5, 5.41) is 3.79. The Kier molecular flexibility index (Phi) is 6.17. The maximum Gasteiger partial charge on any atom is 0.164 e. The second-order valence-corrected chi connectivity index (χ2v) is 13.1. The molecule has 0 bridgehead atoms. The van der Waals surface area contributed by atoms with E-state index in [1.54, 1.807) is 0 Å². The molecular weight excluding hydrogens is 655 g/mol. The van der Waals surface area contributed by atoms with E-state index in [9.17, 15) is 1.37 Å². The van der Waals surface area contributed by atoms with Crippen molar-refractivity contribution >= 4 is 32.3 Å². The van der Waals surface area contributed by atoms with Gasteiger partial charge in [0.2, 0.25) is 0 Å². The highest BCUT2D eigenvalue weighted by Gasteiger charge is 2.16. The summed E-state index contributed by atoms with van der Waals surface area (Å²) in [7, 11) is 0. The molecule has 0 unspecified atom stereocenters. The smallest absolute Gasteiger partial charge is 0.164 e. The topological polar surface area (TPSA) is 38.7 Å². The van der Waals surface area contributed by atoms with Crippen LogP contribution in [0.5, 0.6) is 0 Å². The van der Waals surface area contributed by atoms with Gasteiger partial charge < -0.3 is 0 Å². The first-order valence-electron chi connectivity index (χ1n) is 21.2. The van der Waals surface area contributed by atoms with Gasteiger partial charge in [0.15, 0.2) is 17.5 Å². The summed E-state index contributed by atoms with van der Waals surface area (Å²) in [4.78, 5) is 14.8. The van der Waals surface area contributed by atoms with Crippen molar-refractivity contribution in [2.45, 2.75) is 0 Å². The van der Waals surface area contributed by atoms with Gasteiger partial charge in [-0.05, 0) is 89.9 Å². The van der Waals surface area contributed by atoms with Crippen LogP contribution in [-0.2, 0) is 0 Å². The fraction of sp³-hybridized carbons (Fsp3) is 0. The molecule has 0 N–H and O–H groups in total. The predicted molar refractivity (Wildman–Crippen MR) is 225 cm³/mol. The molecule has 0 saturated heterocycles. The lowest BCUT2D eigenvalue weighted by atomic mass is 9.91. The Hall–Kier alpha value is -7.23. The molecule has 10 aromatic rings. The molecule has 1 aromatic heterocycles. The van der Waals surface area contributed by atoms with Gasteiger partial charge in [0.05, 0.1) is 9.60 Å². The first kappa shape index (κ1) is 24.9. The summed E-state index contributed by atoms with van der Waals surface area (Å²) in [5.74, 6) is 0.486. The Morgan fingerprint density at radius 2 is 0.852 bits per heavy atom. The zero-order chi connectivity index (χ0) is 41.9. The molecule has 10 rings (SSSR count). The van der Waals surface area contributed by atoms with E-state index in [0.717, 1.165) is 54.9 Å². The van der Waals surface area contributed by atoms with Crippen LogP contribution in [0.2, 0.25) is 0 Å². The van der Waals surface area contributed by atoms with Crippen molar-refractivity contribution < 1.29 is 9.60 Å². The van der Waals surface area contributed by atoms with Crippen molar-refractivity contribution in [3.63, 3.8) is 0 Å². The Labute approximate surface area is 323 Å². The van der Waals surface area contributed by atoms with Crippen LogP contribution in [0.4, 0.5) is 0 Å². The van der Waals surface area contributed by atoms with Crippen molar-refractivity contribution in [3.05, 3.63) is 200 Å². The third-order valence-corrected chi connectivity index (χ3v) is 9.76. The Morgan fingerprint density at radius 3 is 1.57 bits per heavy atom. The minimum Gasteiger partial charge on any atom is -0.208 e. The first-order chi connectivity index (χ1) is 29.7. The Balaban J connectivity index is 1.19. The number of fused-ring (bicyclic) bond motifs is 3. The van der Waals surface area contributed by atoms with Crippen molar-refractivity contribution in [1.82, 2.24) is 15.0 Å². The molecule has 0 fully saturated rings. The molecule has 0 aliphatic rings. The summed E-state index contributed by atoms with van der Waals surface area (Å²) < 4.78 is 61.3. The average molecular weight is 695 g/mol. The number of hydrogen-bond donors (Lipinski definition) is 0. The third kappa shape index (κ3) is 5.88. The van der Waals surface area contributed by atoms with E-state index >= 15 is 0 Å². The van der Waals surface area contributed by atoms with Crippen LogP contribution in [0.3, 0.4) is 0 Å². The molecule has 0 aliphatic heterocycles. The minimum absolute atomic E-state index is 0.0565. The van der Waals surface area contributed by atoms with Crippen LogP contribution in [0, 0.1) is 0 Å². The Morgan fingerprint density at radius 1 is 0.315 bits per heavy atom. The standard InChI is InChI=1S/C51H33N3/c1-3-12-34(13-4-1)39-25-22-36-24-27-43(33-44(36)31-39)51-53-49(52-50(54-51)42-26-23-35-14-7-8-17-38(35)30-42)41-19-11-18-40(32-41)46-29-28-45(37-15-5-2-6-16-37)47-20-9-10-21-48(46)47/h1-33H/i7D,8D,14D,17D,23D,26D,30D. The van der Waals surface area contributed by atoms with Crippen molar-refractivity contribution in [2.75, 3.05) is 0 Å². The average Bonchev–Trinajstić information content (AvgIpc) is 3.31. The first-order valence-corrected chi connectivity index (χ1v) is 17.7. The molecule has 54 heavy (non-hydrogen) atoms. The van der Waals surface area contributed by atoms with E-state index in [1.807, 2.05) is 91.0 Å². The van der Waals surface area contributed by atoms with E-state index < -0.39 is 36.3 Å². The maximum absolute atomic E-state index is 9.33. The van der Waals surface area contributed by atoms with Gasteiger partial charge in [0.25, 0.3) is 0 Å². The molecule has 252 valence electrons. The van der Waals surface area contributed by atoms with Gasteiger partial charge in [-0.3, -0.25) is 0 Å². The second-order valence-electron chi connectivity index (χ2n) is 13.1. The molecule has 1 heterocycles. The molecule has 0 spiro atoms. The van der Waals surface area contributed by atoms with E-state index in [0.29, 0.717) is 11.1 Å². The van der Waals surface area contributed by atoms with Crippen LogP contribution in [0.1, 0.15) is 9.60 Å². The lowest BCUT2D eigenvalue weighted by molar-refractivity contribution is 1.08. The zero-order valence-corrected chi connectivity index (χ0v) is 28.9. The number of aromatic nitrogens is 3. The molecule has 0 radical (unpaired) electrons. The van der Waals surface area contributed by atoms with Gasteiger partial charge in [-0.1, -0.05) is 176 Å². The van der Waals surface area contributed by atoms with Gasteiger partial charge in [-0.25, -0.2) is 15.0 Å². The number of hydrogen-bond acceptors (Lipinski definition) is 3. The highest BCUT2D eigenvalue weighted by Crippen LogP contribution is 2.37. The zero-order valence-electron chi connectivity index (χ0n) is 35.9. The largest absolute Gasteiger partial charge is 0.208 e. The van der Waals surface area contributed by atoms with Crippen molar-refractivity contribution in [3.8, 4) is 67.5 Å². The van der Waals surface area contributed by atoms with Gasteiger partial charge in [0.1, 0.15) is 0 Å². The van der Waals surface area contributed by atoms with Crippen molar-refractivity contribution in [2.24, 2.45) is 0 Å². The minimum atomic E-state index is -0.531. The fourth-order valence-corrected chi connectivity index (χ4v) is 7.08.